The second-order valence-electron chi connectivity index (χ2n) is 5.61. The first-order valence-electron chi connectivity index (χ1n) is 6.96. The van der Waals surface area contributed by atoms with E-state index in [0.29, 0.717) is 12.3 Å². The second-order valence-corrected chi connectivity index (χ2v) is 6.77. The molecule has 1 aromatic heterocycles. The summed E-state index contributed by atoms with van der Waals surface area (Å²) in [6.45, 7) is 3.22. The third kappa shape index (κ3) is 4.59. The molecule has 6 nitrogen and oxygen atoms in total. The number of nitrogens with zero attached hydrogens (tertiary/aromatic N) is 2. The van der Waals surface area contributed by atoms with E-state index in [4.69, 9.17) is 4.42 Å². The number of aromatic nitrogens is 1. The topological polar surface area (TPSA) is 98.8 Å². The van der Waals surface area contributed by atoms with E-state index in [1.165, 1.54) is 0 Å². The lowest BCUT2D eigenvalue weighted by Crippen LogP contribution is -2.45. The summed E-state index contributed by atoms with van der Waals surface area (Å²) >= 11 is 4.19. The Balaban J connectivity index is 2.18. The van der Waals surface area contributed by atoms with Crippen molar-refractivity contribution in [2.75, 3.05) is 0 Å². The van der Waals surface area contributed by atoms with Crippen molar-refractivity contribution in [2.24, 2.45) is 4.99 Å². The molecule has 1 aromatic carbocycles. The Kier molecular flexibility index (Phi) is 5.10. The van der Waals surface area contributed by atoms with Crippen LogP contribution in [0.1, 0.15) is 31.0 Å². The lowest BCUT2D eigenvalue weighted by Gasteiger charge is -2.26. The molecular formula is C16H17N2O4S-. The molecule has 0 unspecified atom stereocenters. The average Bonchev–Trinajstić information content (AvgIpc) is 2.78. The van der Waals surface area contributed by atoms with Crippen molar-refractivity contribution in [3.63, 3.8) is 0 Å². The molecule has 0 bridgehead atoms. The van der Waals surface area contributed by atoms with Crippen LogP contribution in [0.25, 0.3) is 0 Å². The summed E-state index contributed by atoms with van der Waals surface area (Å²) in [5.74, 6) is -1.45. The maximum absolute atomic E-state index is 11.1. The van der Waals surface area contributed by atoms with Gasteiger partial charge in [0.15, 0.2) is 5.69 Å². The summed E-state index contributed by atoms with van der Waals surface area (Å²) in [6.07, 6.45) is 1.57. The molecule has 0 amide bonds. The maximum atomic E-state index is 11.1. The van der Waals surface area contributed by atoms with Crippen molar-refractivity contribution < 1.29 is 19.4 Å². The fourth-order valence-electron chi connectivity index (χ4n) is 1.98. The zero-order chi connectivity index (χ0) is 17.0. The van der Waals surface area contributed by atoms with E-state index in [1.807, 2.05) is 30.3 Å². The van der Waals surface area contributed by atoms with Crippen LogP contribution in [-0.2, 0) is 11.2 Å². The van der Waals surface area contributed by atoms with Crippen molar-refractivity contribution >= 4 is 24.8 Å². The molecule has 1 heterocycles. The fraction of sp³-hybridized carbons (Fsp3) is 0.312. The van der Waals surface area contributed by atoms with Crippen molar-refractivity contribution in [3.05, 3.63) is 47.5 Å². The van der Waals surface area contributed by atoms with Crippen LogP contribution in [0.5, 0.6) is 5.95 Å². The fourth-order valence-corrected chi connectivity index (χ4v) is 2.15. The number of hydrogen-bond acceptors (Lipinski definition) is 7. The summed E-state index contributed by atoms with van der Waals surface area (Å²) in [7, 11) is 0. The molecule has 0 saturated heterocycles. The number of oxazole rings is 1. The Morgan fingerprint density at radius 1 is 1.48 bits per heavy atom. The van der Waals surface area contributed by atoms with E-state index in [0.717, 1.165) is 11.8 Å². The van der Waals surface area contributed by atoms with Crippen molar-refractivity contribution in [1.29, 1.82) is 0 Å². The van der Waals surface area contributed by atoms with Gasteiger partial charge in [0.2, 0.25) is 5.89 Å². The van der Waals surface area contributed by atoms with Gasteiger partial charge in [0.1, 0.15) is 6.04 Å². The van der Waals surface area contributed by atoms with E-state index < -0.39 is 22.7 Å². The Morgan fingerprint density at radius 3 is 2.70 bits per heavy atom. The predicted octanol–water partition coefficient (Wildman–Crippen LogP) is 1.22. The van der Waals surface area contributed by atoms with Crippen molar-refractivity contribution in [1.82, 2.24) is 4.98 Å². The minimum absolute atomic E-state index is 0.0692. The number of benzene rings is 1. The van der Waals surface area contributed by atoms with Gasteiger partial charge in [-0.15, -0.1) is 0 Å². The number of aliphatic carboxylic acids is 1. The van der Waals surface area contributed by atoms with Crippen LogP contribution in [0, 0.1) is 0 Å². The highest BCUT2D eigenvalue weighted by molar-refractivity contribution is 7.81. The first kappa shape index (κ1) is 17.1. The van der Waals surface area contributed by atoms with Crippen molar-refractivity contribution in [3.8, 4) is 5.95 Å². The molecule has 122 valence electrons. The smallest absolute Gasteiger partial charge is 0.312 e. The van der Waals surface area contributed by atoms with Gasteiger partial charge in [-0.25, -0.2) is 4.98 Å². The van der Waals surface area contributed by atoms with Gasteiger partial charge < -0.3 is 19.4 Å². The van der Waals surface area contributed by atoms with Crippen LogP contribution in [-0.4, -0.2) is 33.1 Å². The molecule has 0 fully saturated rings. The molecule has 0 aliphatic carbocycles. The molecule has 0 aliphatic heterocycles. The second kappa shape index (κ2) is 6.87. The quantitative estimate of drug-likeness (QED) is 0.612. The van der Waals surface area contributed by atoms with Gasteiger partial charge in [-0.3, -0.25) is 4.99 Å². The number of carbonyl (C=O) groups excluding carboxylic acids is 1. The Labute approximate surface area is 139 Å². The summed E-state index contributed by atoms with van der Waals surface area (Å²) in [4.78, 5) is 19.1. The molecule has 7 heteroatoms. The first-order valence-corrected chi connectivity index (χ1v) is 7.41. The van der Waals surface area contributed by atoms with Crippen molar-refractivity contribution in [2.45, 2.75) is 31.1 Å². The third-order valence-corrected chi connectivity index (χ3v) is 3.36. The van der Waals surface area contributed by atoms with E-state index >= 15 is 0 Å². The minimum Gasteiger partial charge on any atom is -0.548 e. The first-order chi connectivity index (χ1) is 10.8. The zero-order valence-corrected chi connectivity index (χ0v) is 13.7. The molecule has 0 radical (unpaired) electrons. The number of hydrogen-bond donors (Lipinski definition) is 2. The minimum atomic E-state index is -1.35. The van der Waals surface area contributed by atoms with E-state index in [9.17, 15) is 15.0 Å². The summed E-state index contributed by atoms with van der Waals surface area (Å²) in [5.41, 5.74) is 1.04. The summed E-state index contributed by atoms with van der Waals surface area (Å²) in [5, 5.41) is 20.9. The Morgan fingerprint density at radius 2 is 2.13 bits per heavy atom. The molecule has 23 heavy (non-hydrogen) atoms. The molecule has 0 spiro atoms. The van der Waals surface area contributed by atoms with Crippen LogP contribution in [0.4, 0.5) is 0 Å². The molecule has 2 aromatic rings. The van der Waals surface area contributed by atoms with Gasteiger partial charge in [-0.1, -0.05) is 30.3 Å². The van der Waals surface area contributed by atoms with Gasteiger partial charge >= 0.3 is 5.95 Å². The number of aromatic hydroxyl groups is 1. The molecule has 1 atom stereocenters. The van der Waals surface area contributed by atoms with Gasteiger partial charge in [-0.05, 0) is 19.4 Å². The predicted molar refractivity (Wildman–Crippen MR) is 86.9 cm³/mol. The van der Waals surface area contributed by atoms with E-state index in [2.05, 4.69) is 22.6 Å². The zero-order valence-electron chi connectivity index (χ0n) is 12.8. The number of carboxylic acids is 1. The average molecular weight is 333 g/mol. The SMILES string of the molecule is CC(C)(S)[C@@H](N=Cc1nc(Cc2ccccc2)oc1O)C(=O)[O-]. The lowest BCUT2D eigenvalue weighted by atomic mass is 10.0. The van der Waals surface area contributed by atoms with Gasteiger partial charge in [0, 0.05) is 11.2 Å². The van der Waals surface area contributed by atoms with Crippen LogP contribution < -0.4 is 5.11 Å². The van der Waals surface area contributed by atoms with Gasteiger partial charge in [0.05, 0.1) is 12.2 Å². The Hall–Kier alpha value is -2.28. The summed E-state index contributed by atoms with van der Waals surface area (Å²) < 4.78 is 4.25. The number of thiol groups is 1. The normalized spacial score (nSPS) is 13.3. The van der Waals surface area contributed by atoms with Gasteiger partial charge in [0.25, 0.3) is 0 Å². The number of rotatable bonds is 6. The maximum Gasteiger partial charge on any atom is 0.312 e. The molecule has 2 rings (SSSR count). The van der Waals surface area contributed by atoms with E-state index in [-0.39, 0.29) is 5.69 Å². The van der Waals surface area contributed by atoms with Crippen LogP contribution in [0.15, 0.2) is 39.7 Å². The molecule has 0 saturated carbocycles. The molecule has 1 N–H and O–H groups in total. The third-order valence-electron chi connectivity index (χ3n) is 3.12. The highest BCUT2D eigenvalue weighted by atomic mass is 32.1. The number of aliphatic imine (C=N–C) groups is 1. The lowest BCUT2D eigenvalue weighted by molar-refractivity contribution is -0.307. The highest BCUT2D eigenvalue weighted by Gasteiger charge is 2.26. The largest absolute Gasteiger partial charge is 0.548 e. The molecular weight excluding hydrogens is 316 g/mol. The highest BCUT2D eigenvalue weighted by Crippen LogP contribution is 2.22. The monoisotopic (exact) mass is 333 g/mol. The summed E-state index contributed by atoms with van der Waals surface area (Å²) in [6, 6.07) is 8.31. The number of carboxylic acid groups (broad SMARTS) is 1. The number of carbonyl (C=O) groups is 1. The van der Waals surface area contributed by atoms with Crippen LogP contribution >= 0.6 is 12.6 Å². The Bertz CT molecular complexity index is 705. The standard InChI is InChI=1S/C16H18N2O4S/c1-16(2,23)13(14(19)20)17-9-11-15(21)22-12(18-11)8-10-6-4-3-5-7-10/h3-7,9,13,21,23H,8H2,1-2H3,(H,19,20)/p-1/t13-/m0/s1. The van der Waals surface area contributed by atoms with Crippen LogP contribution in [0.2, 0.25) is 0 Å². The van der Waals surface area contributed by atoms with E-state index in [1.54, 1.807) is 13.8 Å². The van der Waals surface area contributed by atoms with Gasteiger partial charge in [-0.2, -0.15) is 12.6 Å². The molecule has 0 aliphatic rings. The van der Waals surface area contributed by atoms with Crippen LogP contribution in [0.3, 0.4) is 0 Å².